The number of halogens is 2. The lowest BCUT2D eigenvalue weighted by Crippen LogP contribution is -2.18. The molecule has 2 aromatic rings. The summed E-state index contributed by atoms with van der Waals surface area (Å²) < 4.78 is 5.96. The third-order valence-corrected chi connectivity index (χ3v) is 3.69. The zero-order chi connectivity index (χ0) is 16.8. The van der Waals surface area contributed by atoms with Crippen LogP contribution in [0.25, 0.3) is 0 Å². The zero-order valence-electron chi connectivity index (χ0n) is 12.3. The first kappa shape index (κ1) is 17.3. The van der Waals surface area contributed by atoms with Gasteiger partial charge in [-0.3, -0.25) is 0 Å². The highest BCUT2D eigenvalue weighted by molar-refractivity contribution is 9.10. The van der Waals surface area contributed by atoms with Gasteiger partial charge in [0, 0.05) is 10.6 Å². The minimum atomic E-state index is -0.665. The molecule has 0 fully saturated rings. The molecular formula is C16H14BrClN2O3. The predicted molar refractivity (Wildman–Crippen MR) is 92.6 cm³/mol. The van der Waals surface area contributed by atoms with Gasteiger partial charge in [0.2, 0.25) is 0 Å². The number of aryl methyl sites for hydroxylation is 1. The summed E-state index contributed by atoms with van der Waals surface area (Å²) in [4.78, 5) is 16.4. The number of hydrogen-bond donors (Lipinski definition) is 1. The van der Waals surface area contributed by atoms with Gasteiger partial charge in [0.1, 0.15) is 5.75 Å². The number of benzene rings is 2. The fourth-order valence-corrected chi connectivity index (χ4v) is 2.43. The van der Waals surface area contributed by atoms with E-state index in [1.807, 2.05) is 19.1 Å². The Balaban J connectivity index is 1.89. The van der Waals surface area contributed by atoms with Crippen LogP contribution in [0.3, 0.4) is 0 Å². The molecule has 120 valence electrons. The highest BCUT2D eigenvalue weighted by atomic mass is 79.9. The highest BCUT2D eigenvalue weighted by Gasteiger charge is 2.08. The van der Waals surface area contributed by atoms with Crippen LogP contribution >= 0.6 is 27.5 Å². The lowest BCUT2D eigenvalue weighted by atomic mass is 10.1. The second-order valence-corrected chi connectivity index (χ2v) is 5.96. The van der Waals surface area contributed by atoms with E-state index in [0.29, 0.717) is 20.8 Å². The Morgan fingerprint density at radius 3 is 2.61 bits per heavy atom. The molecule has 0 unspecified atom stereocenters. The van der Waals surface area contributed by atoms with Gasteiger partial charge in [-0.2, -0.15) is 0 Å². The van der Waals surface area contributed by atoms with Crippen LogP contribution in [-0.2, 0) is 9.63 Å². The van der Waals surface area contributed by atoms with E-state index in [2.05, 4.69) is 21.1 Å². The zero-order valence-corrected chi connectivity index (χ0v) is 14.6. The minimum absolute atomic E-state index is 0.117. The third kappa shape index (κ3) is 5.26. The maximum absolute atomic E-state index is 11.6. The average Bonchev–Trinajstić information content (AvgIpc) is 2.52. The summed E-state index contributed by atoms with van der Waals surface area (Å²) in [6, 6.07) is 12.3. The number of amidine groups is 1. The van der Waals surface area contributed by atoms with Crippen molar-refractivity contribution in [1.82, 2.24) is 0 Å². The van der Waals surface area contributed by atoms with Gasteiger partial charge in [-0.1, -0.05) is 46.6 Å². The van der Waals surface area contributed by atoms with E-state index in [9.17, 15) is 4.79 Å². The van der Waals surface area contributed by atoms with Gasteiger partial charge in [0.15, 0.2) is 12.4 Å². The monoisotopic (exact) mass is 396 g/mol. The largest absolute Gasteiger partial charge is 0.481 e. The van der Waals surface area contributed by atoms with Gasteiger partial charge in [0.25, 0.3) is 0 Å². The molecule has 0 heterocycles. The smallest absolute Gasteiger partial charge is 0.372 e. The fraction of sp³-hybridized carbons (Fsp3) is 0.125. The Kier molecular flexibility index (Phi) is 6.01. The topological polar surface area (TPSA) is 73.9 Å². The number of ether oxygens (including phenoxy) is 1. The molecule has 0 radical (unpaired) electrons. The van der Waals surface area contributed by atoms with E-state index in [0.717, 1.165) is 5.56 Å². The predicted octanol–water partition coefficient (Wildman–Crippen LogP) is 3.65. The van der Waals surface area contributed by atoms with Crippen LogP contribution < -0.4 is 10.5 Å². The summed E-state index contributed by atoms with van der Waals surface area (Å²) in [6.07, 6.45) is 0. The highest BCUT2D eigenvalue weighted by Crippen LogP contribution is 2.27. The number of carbonyl (C=O) groups excluding carboxylic acids is 1. The molecule has 0 amide bonds. The number of rotatable bonds is 5. The Bertz CT molecular complexity index is 733. The van der Waals surface area contributed by atoms with Gasteiger partial charge in [-0.15, -0.1) is 0 Å². The summed E-state index contributed by atoms with van der Waals surface area (Å²) in [5, 5.41) is 4.16. The van der Waals surface area contributed by atoms with Gasteiger partial charge in [0.05, 0.1) is 4.47 Å². The molecule has 0 aliphatic rings. The second kappa shape index (κ2) is 7.99. The number of nitrogens with zero attached hydrogens (tertiary/aromatic N) is 1. The van der Waals surface area contributed by atoms with Gasteiger partial charge < -0.3 is 15.3 Å². The number of nitrogens with two attached hydrogens (primary N) is 1. The van der Waals surface area contributed by atoms with Crippen molar-refractivity contribution in [3.8, 4) is 5.75 Å². The van der Waals surface area contributed by atoms with E-state index in [-0.39, 0.29) is 12.4 Å². The normalized spacial score (nSPS) is 11.2. The number of hydrogen-bond acceptors (Lipinski definition) is 4. The molecule has 0 saturated heterocycles. The van der Waals surface area contributed by atoms with Crippen molar-refractivity contribution < 1.29 is 14.4 Å². The summed E-state index contributed by atoms with van der Waals surface area (Å²) >= 11 is 9.11. The Labute approximate surface area is 147 Å². The molecule has 2 aromatic carbocycles. The lowest BCUT2D eigenvalue weighted by Gasteiger charge is -2.07. The quantitative estimate of drug-likeness (QED) is 0.362. The van der Waals surface area contributed by atoms with Gasteiger partial charge in [-0.25, -0.2) is 4.79 Å². The van der Waals surface area contributed by atoms with Crippen LogP contribution in [0.1, 0.15) is 11.1 Å². The van der Waals surface area contributed by atoms with E-state index in [1.54, 1.807) is 30.3 Å². The summed E-state index contributed by atoms with van der Waals surface area (Å²) in [5.41, 5.74) is 7.52. The summed E-state index contributed by atoms with van der Waals surface area (Å²) in [7, 11) is 0. The molecule has 7 heteroatoms. The summed E-state index contributed by atoms with van der Waals surface area (Å²) in [5.74, 6) is -0.0743. The molecule has 2 rings (SSSR count). The maximum Gasteiger partial charge on any atom is 0.372 e. The first-order valence-corrected chi connectivity index (χ1v) is 7.81. The van der Waals surface area contributed by atoms with Crippen LogP contribution in [0.5, 0.6) is 5.75 Å². The van der Waals surface area contributed by atoms with Crippen molar-refractivity contribution in [3.63, 3.8) is 0 Å². The second-order valence-electron chi connectivity index (χ2n) is 4.67. The fourth-order valence-electron chi connectivity index (χ4n) is 1.63. The van der Waals surface area contributed by atoms with E-state index in [1.165, 1.54) is 0 Å². The Morgan fingerprint density at radius 1 is 1.26 bits per heavy atom. The molecule has 0 aromatic heterocycles. The first-order chi connectivity index (χ1) is 11.0. The number of oxime groups is 1. The average molecular weight is 398 g/mol. The first-order valence-electron chi connectivity index (χ1n) is 6.64. The molecule has 23 heavy (non-hydrogen) atoms. The molecule has 0 spiro atoms. The third-order valence-electron chi connectivity index (χ3n) is 2.83. The molecule has 0 aliphatic carbocycles. The molecule has 0 aliphatic heterocycles. The standard InChI is InChI=1S/C16H14BrClN2O3/c1-10-2-4-11(5-3-10)16(19)20-23-15(21)9-22-14-7-6-12(18)8-13(14)17/h2-8H,9H2,1H3,(H2,19,20). The van der Waals surface area contributed by atoms with E-state index >= 15 is 0 Å². The van der Waals surface area contributed by atoms with Crippen LogP contribution in [0, 0.1) is 6.92 Å². The summed E-state index contributed by atoms with van der Waals surface area (Å²) in [6.45, 7) is 1.66. The van der Waals surface area contributed by atoms with Gasteiger partial charge in [-0.05, 0) is 41.1 Å². The Morgan fingerprint density at radius 2 is 1.96 bits per heavy atom. The van der Waals surface area contributed by atoms with Crippen molar-refractivity contribution in [3.05, 3.63) is 63.1 Å². The van der Waals surface area contributed by atoms with Crippen molar-refractivity contribution in [2.24, 2.45) is 10.9 Å². The van der Waals surface area contributed by atoms with Crippen LogP contribution in [0.15, 0.2) is 52.1 Å². The lowest BCUT2D eigenvalue weighted by molar-refractivity contribution is -0.146. The van der Waals surface area contributed by atoms with Crippen molar-refractivity contribution in [1.29, 1.82) is 0 Å². The van der Waals surface area contributed by atoms with Crippen LogP contribution in [-0.4, -0.2) is 18.4 Å². The van der Waals surface area contributed by atoms with Crippen molar-refractivity contribution in [2.45, 2.75) is 6.92 Å². The van der Waals surface area contributed by atoms with Gasteiger partial charge >= 0.3 is 5.97 Å². The molecule has 0 bridgehead atoms. The number of carbonyl (C=O) groups is 1. The SMILES string of the molecule is Cc1ccc(/C(N)=N/OC(=O)COc2ccc(Cl)cc2Br)cc1. The van der Waals surface area contributed by atoms with Crippen LogP contribution in [0.4, 0.5) is 0 Å². The van der Waals surface area contributed by atoms with Crippen molar-refractivity contribution >= 4 is 39.3 Å². The molecule has 5 nitrogen and oxygen atoms in total. The van der Waals surface area contributed by atoms with E-state index in [4.69, 9.17) is 26.9 Å². The molecular weight excluding hydrogens is 384 g/mol. The van der Waals surface area contributed by atoms with E-state index < -0.39 is 5.97 Å². The maximum atomic E-state index is 11.6. The molecule has 0 atom stereocenters. The minimum Gasteiger partial charge on any atom is -0.481 e. The molecule has 2 N–H and O–H groups in total. The van der Waals surface area contributed by atoms with Crippen LogP contribution in [0.2, 0.25) is 5.02 Å². The molecule has 0 saturated carbocycles. The Hall–Kier alpha value is -2.05. The van der Waals surface area contributed by atoms with Crippen molar-refractivity contribution in [2.75, 3.05) is 6.61 Å².